The van der Waals surface area contributed by atoms with Crippen molar-refractivity contribution < 1.29 is 9.47 Å². The minimum atomic E-state index is 0.480. The molecule has 5 heteroatoms. The smallest absolute Gasteiger partial charge is 0.189 e. The average Bonchev–Trinajstić information content (AvgIpc) is 2.53. The van der Waals surface area contributed by atoms with Gasteiger partial charge in [-0.1, -0.05) is 25.3 Å². The number of guanidine groups is 1. The summed E-state index contributed by atoms with van der Waals surface area (Å²) in [5, 5.41) is 3.31. The van der Waals surface area contributed by atoms with Crippen LogP contribution in [0.4, 0.5) is 0 Å². The predicted molar refractivity (Wildman–Crippen MR) is 84.9 cm³/mol. The Morgan fingerprint density at radius 1 is 1.19 bits per heavy atom. The molecule has 2 rings (SSSR count). The van der Waals surface area contributed by atoms with Gasteiger partial charge in [0.05, 0.1) is 20.8 Å². The zero-order chi connectivity index (χ0) is 15.1. The normalized spacial score (nSPS) is 16.6. The standard InChI is InChI=1S/C16H25N3O2/c1-20-14-9-8-12(10-15(14)21-2)11-18-16(17)19-13-6-4-3-5-7-13/h8-10,13H,3-7,11H2,1-2H3,(H3,17,18,19). The van der Waals surface area contributed by atoms with Crippen molar-refractivity contribution in [2.75, 3.05) is 14.2 Å². The lowest BCUT2D eigenvalue weighted by Crippen LogP contribution is -2.41. The highest BCUT2D eigenvalue weighted by molar-refractivity contribution is 5.78. The Bertz CT molecular complexity index is 482. The first kappa shape index (κ1) is 15.5. The number of methoxy groups -OCH3 is 2. The molecule has 0 aliphatic heterocycles. The van der Waals surface area contributed by atoms with Crippen LogP contribution in [0.3, 0.4) is 0 Å². The maximum absolute atomic E-state index is 5.96. The molecule has 1 fully saturated rings. The van der Waals surface area contributed by atoms with Crippen molar-refractivity contribution in [3.05, 3.63) is 23.8 Å². The molecule has 0 amide bonds. The van der Waals surface area contributed by atoms with Gasteiger partial charge in [0.2, 0.25) is 0 Å². The Balaban J connectivity index is 1.92. The van der Waals surface area contributed by atoms with E-state index < -0.39 is 0 Å². The lowest BCUT2D eigenvalue weighted by molar-refractivity contribution is 0.354. The molecule has 116 valence electrons. The second-order valence-corrected chi connectivity index (χ2v) is 5.37. The minimum Gasteiger partial charge on any atom is -0.493 e. The van der Waals surface area contributed by atoms with E-state index >= 15 is 0 Å². The number of rotatable bonds is 5. The molecular weight excluding hydrogens is 266 g/mol. The van der Waals surface area contributed by atoms with Gasteiger partial charge in [0.1, 0.15) is 0 Å². The third kappa shape index (κ3) is 4.55. The van der Waals surface area contributed by atoms with Crippen LogP contribution in [0, 0.1) is 0 Å². The first-order chi connectivity index (χ1) is 10.2. The number of hydrogen-bond donors (Lipinski definition) is 2. The molecule has 1 aromatic carbocycles. The Labute approximate surface area is 126 Å². The fourth-order valence-electron chi connectivity index (χ4n) is 2.66. The Morgan fingerprint density at radius 2 is 1.90 bits per heavy atom. The maximum atomic E-state index is 5.96. The second-order valence-electron chi connectivity index (χ2n) is 5.37. The van der Waals surface area contributed by atoms with E-state index in [2.05, 4.69) is 10.3 Å². The van der Waals surface area contributed by atoms with E-state index in [1.807, 2.05) is 18.2 Å². The zero-order valence-corrected chi connectivity index (χ0v) is 12.9. The fourth-order valence-corrected chi connectivity index (χ4v) is 2.66. The lowest BCUT2D eigenvalue weighted by Gasteiger charge is -2.23. The molecule has 0 saturated heterocycles. The van der Waals surface area contributed by atoms with Gasteiger partial charge in [-0.05, 0) is 30.5 Å². The van der Waals surface area contributed by atoms with Crippen LogP contribution in [0.15, 0.2) is 23.2 Å². The highest BCUT2D eigenvalue weighted by Gasteiger charge is 2.13. The maximum Gasteiger partial charge on any atom is 0.189 e. The molecule has 1 aliphatic rings. The van der Waals surface area contributed by atoms with Gasteiger partial charge >= 0.3 is 0 Å². The largest absolute Gasteiger partial charge is 0.493 e. The monoisotopic (exact) mass is 291 g/mol. The number of nitrogens with two attached hydrogens (primary N) is 1. The number of nitrogens with zero attached hydrogens (tertiary/aromatic N) is 1. The molecule has 1 saturated carbocycles. The van der Waals surface area contributed by atoms with Crippen molar-refractivity contribution in [3.63, 3.8) is 0 Å². The van der Waals surface area contributed by atoms with Crippen LogP contribution < -0.4 is 20.5 Å². The van der Waals surface area contributed by atoms with E-state index in [1.165, 1.54) is 32.1 Å². The van der Waals surface area contributed by atoms with Crippen LogP contribution >= 0.6 is 0 Å². The Morgan fingerprint density at radius 3 is 2.57 bits per heavy atom. The topological polar surface area (TPSA) is 68.9 Å². The van der Waals surface area contributed by atoms with Crippen LogP contribution in [0.5, 0.6) is 11.5 Å². The van der Waals surface area contributed by atoms with E-state index in [1.54, 1.807) is 14.2 Å². The molecule has 3 N–H and O–H groups in total. The van der Waals surface area contributed by atoms with Crippen LogP contribution in [-0.4, -0.2) is 26.2 Å². The van der Waals surface area contributed by atoms with E-state index in [4.69, 9.17) is 15.2 Å². The van der Waals surface area contributed by atoms with Gasteiger partial charge in [0.25, 0.3) is 0 Å². The molecule has 0 spiro atoms. The number of nitrogens with one attached hydrogen (secondary N) is 1. The molecule has 0 aromatic heterocycles. The average molecular weight is 291 g/mol. The lowest BCUT2D eigenvalue weighted by atomic mass is 9.96. The molecule has 0 unspecified atom stereocenters. The Kier molecular flexibility index (Phi) is 5.72. The first-order valence-electron chi connectivity index (χ1n) is 7.50. The molecule has 0 radical (unpaired) electrons. The van der Waals surface area contributed by atoms with E-state index in [9.17, 15) is 0 Å². The summed E-state index contributed by atoms with van der Waals surface area (Å²) < 4.78 is 10.5. The van der Waals surface area contributed by atoms with Crippen molar-refractivity contribution >= 4 is 5.96 Å². The number of hydrogen-bond acceptors (Lipinski definition) is 3. The quantitative estimate of drug-likeness (QED) is 0.646. The highest BCUT2D eigenvalue weighted by atomic mass is 16.5. The van der Waals surface area contributed by atoms with Crippen molar-refractivity contribution in [3.8, 4) is 11.5 Å². The Hall–Kier alpha value is -1.91. The number of ether oxygens (including phenoxy) is 2. The van der Waals surface area contributed by atoms with Crippen LogP contribution in [0.25, 0.3) is 0 Å². The van der Waals surface area contributed by atoms with Crippen molar-refractivity contribution in [2.24, 2.45) is 10.7 Å². The number of benzene rings is 1. The van der Waals surface area contributed by atoms with E-state index in [0.717, 1.165) is 11.3 Å². The summed E-state index contributed by atoms with van der Waals surface area (Å²) in [5.74, 6) is 1.96. The molecule has 0 heterocycles. The van der Waals surface area contributed by atoms with Gasteiger partial charge < -0.3 is 20.5 Å². The van der Waals surface area contributed by atoms with Gasteiger partial charge in [-0.2, -0.15) is 0 Å². The molecule has 1 aliphatic carbocycles. The van der Waals surface area contributed by atoms with Crippen molar-refractivity contribution in [1.29, 1.82) is 0 Å². The molecule has 5 nitrogen and oxygen atoms in total. The summed E-state index contributed by atoms with van der Waals surface area (Å²) in [5.41, 5.74) is 7.00. The molecular formula is C16H25N3O2. The van der Waals surface area contributed by atoms with E-state index in [-0.39, 0.29) is 0 Å². The van der Waals surface area contributed by atoms with Gasteiger partial charge in [0.15, 0.2) is 17.5 Å². The van der Waals surface area contributed by atoms with Gasteiger partial charge in [0, 0.05) is 6.04 Å². The summed E-state index contributed by atoms with van der Waals surface area (Å²) in [6.45, 7) is 0.534. The summed E-state index contributed by atoms with van der Waals surface area (Å²) in [6, 6.07) is 6.26. The van der Waals surface area contributed by atoms with Crippen LogP contribution in [-0.2, 0) is 6.54 Å². The summed E-state index contributed by atoms with van der Waals surface area (Å²) in [6.07, 6.45) is 6.27. The molecule has 1 aromatic rings. The molecule has 0 atom stereocenters. The minimum absolute atomic E-state index is 0.480. The highest BCUT2D eigenvalue weighted by Crippen LogP contribution is 2.27. The zero-order valence-electron chi connectivity index (χ0n) is 12.9. The van der Waals surface area contributed by atoms with Crippen LogP contribution in [0.2, 0.25) is 0 Å². The van der Waals surface area contributed by atoms with Crippen LogP contribution in [0.1, 0.15) is 37.7 Å². The third-order valence-electron chi connectivity index (χ3n) is 3.84. The predicted octanol–water partition coefficient (Wildman–Crippen LogP) is 2.44. The van der Waals surface area contributed by atoms with E-state index in [0.29, 0.717) is 24.3 Å². The summed E-state index contributed by atoms with van der Waals surface area (Å²) >= 11 is 0. The summed E-state index contributed by atoms with van der Waals surface area (Å²) in [7, 11) is 3.26. The SMILES string of the molecule is COc1ccc(CN=C(N)NC2CCCCC2)cc1OC. The van der Waals surface area contributed by atoms with Gasteiger partial charge in [-0.15, -0.1) is 0 Å². The fraction of sp³-hybridized carbons (Fsp3) is 0.562. The first-order valence-corrected chi connectivity index (χ1v) is 7.50. The molecule has 21 heavy (non-hydrogen) atoms. The number of aliphatic imine (C=N–C) groups is 1. The second kappa shape index (κ2) is 7.76. The molecule has 0 bridgehead atoms. The third-order valence-corrected chi connectivity index (χ3v) is 3.84. The van der Waals surface area contributed by atoms with Crippen molar-refractivity contribution in [2.45, 2.75) is 44.7 Å². The van der Waals surface area contributed by atoms with Crippen molar-refractivity contribution in [1.82, 2.24) is 5.32 Å². The van der Waals surface area contributed by atoms with Gasteiger partial charge in [-0.3, -0.25) is 0 Å². The summed E-state index contributed by atoms with van der Waals surface area (Å²) in [4.78, 5) is 4.41. The van der Waals surface area contributed by atoms with Gasteiger partial charge in [-0.25, -0.2) is 4.99 Å².